The van der Waals surface area contributed by atoms with Crippen LogP contribution in [0, 0.1) is 0 Å². The lowest BCUT2D eigenvalue weighted by atomic mass is 9.95. The molecule has 0 spiro atoms. The third kappa shape index (κ3) is 7.72. The molecule has 2 amide bonds. The zero-order valence-electron chi connectivity index (χ0n) is 25.8. The fraction of sp³-hybridized carbons (Fsp3) is 0.278. The molecule has 234 valence electrons. The molecule has 1 heterocycles. The standard InChI is InChI=1S/C36H40N4O4S/c1-3-32(29-16-9-5-10-17-29)36(42)40-23-13-22-39(24-25-40)34-21-20-30(37-45(43,44)31-18-11-6-12-19-31)26-33(34)35(41)38(2)27-28-14-7-4-8-15-28/h4-12,14-21,26,32,37H,3,13,22-25,27H2,1-2H3. The van der Waals surface area contributed by atoms with Gasteiger partial charge in [0.05, 0.1) is 16.4 Å². The van der Waals surface area contributed by atoms with Crippen molar-refractivity contribution in [2.45, 2.75) is 37.1 Å². The summed E-state index contributed by atoms with van der Waals surface area (Å²) < 4.78 is 28.9. The van der Waals surface area contributed by atoms with Gasteiger partial charge >= 0.3 is 0 Å². The summed E-state index contributed by atoms with van der Waals surface area (Å²) in [4.78, 5) is 33.5. The number of carbonyl (C=O) groups is 2. The molecule has 1 fully saturated rings. The van der Waals surface area contributed by atoms with Gasteiger partial charge in [-0.2, -0.15) is 0 Å². The van der Waals surface area contributed by atoms with E-state index in [9.17, 15) is 18.0 Å². The van der Waals surface area contributed by atoms with Gasteiger partial charge < -0.3 is 14.7 Å². The molecule has 1 aliphatic heterocycles. The average Bonchev–Trinajstić information content (AvgIpc) is 3.32. The number of hydrogen-bond acceptors (Lipinski definition) is 5. The van der Waals surface area contributed by atoms with Crippen LogP contribution in [0.25, 0.3) is 0 Å². The van der Waals surface area contributed by atoms with Crippen LogP contribution in [-0.4, -0.2) is 63.3 Å². The van der Waals surface area contributed by atoms with E-state index in [1.165, 1.54) is 12.1 Å². The molecule has 4 aromatic rings. The Morgan fingerprint density at radius 1 is 0.822 bits per heavy atom. The summed E-state index contributed by atoms with van der Waals surface area (Å²) in [5.41, 5.74) is 3.43. The van der Waals surface area contributed by atoms with Gasteiger partial charge in [-0.05, 0) is 54.3 Å². The maximum atomic E-state index is 14.0. The predicted molar refractivity (Wildman–Crippen MR) is 179 cm³/mol. The minimum atomic E-state index is -3.85. The zero-order valence-corrected chi connectivity index (χ0v) is 26.6. The second kappa shape index (κ2) is 14.4. The first-order chi connectivity index (χ1) is 21.8. The highest BCUT2D eigenvalue weighted by atomic mass is 32.2. The molecule has 8 nitrogen and oxygen atoms in total. The van der Waals surface area contributed by atoms with Gasteiger partial charge in [-0.15, -0.1) is 0 Å². The van der Waals surface area contributed by atoms with Crippen LogP contribution >= 0.6 is 0 Å². The van der Waals surface area contributed by atoms with Crippen LogP contribution in [0.4, 0.5) is 11.4 Å². The Bertz CT molecular complexity index is 1700. The molecule has 1 aliphatic rings. The van der Waals surface area contributed by atoms with E-state index in [1.54, 1.807) is 42.3 Å². The molecule has 0 aromatic heterocycles. The van der Waals surface area contributed by atoms with E-state index in [4.69, 9.17) is 0 Å². The largest absolute Gasteiger partial charge is 0.369 e. The number of hydrogen-bond donors (Lipinski definition) is 1. The number of amides is 2. The van der Waals surface area contributed by atoms with Crippen molar-refractivity contribution in [3.8, 4) is 0 Å². The summed E-state index contributed by atoms with van der Waals surface area (Å²) in [6.07, 6.45) is 1.46. The summed E-state index contributed by atoms with van der Waals surface area (Å²) in [7, 11) is -2.10. The van der Waals surface area contributed by atoms with Crippen LogP contribution in [-0.2, 0) is 21.4 Å². The van der Waals surface area contributed by atoms with Gasteiger partial charge in [0.15, 0.2) is 0 Å². The highest BCUT2D eigenvalue weighted by Gasteiger charge is 2.28. The third-order valence-corrected chi connectivity index (χ3v) is 9.60. The Morgan fingerprint density at radius 2 is 1.47 bits per heavy atom. The van der Waals surface area contributed by atoms with Crippen molar-refractivity contribution in [2.24, 2.45) is 0 Å². The molecule has 1 saturated heterocycles. The molecular weight excluding hydrogens is 584 g/mol. The quantitative estimate of drug-likeness (QED) is 0.234. The van der Waals surface area contributed by atoms with E-state index in [0.29, 0.717) is 49.7 Å². The SMILES string of the molecule is CCC(C(=O)N1CCCN(c2ccc(NS(=O)(=O)c3ccccc3)cc2C(=O)N(C)Cc2ccccc2)CC1)c1ccccc1. The lowest BCUT2D eigenvalue weighted by molar-refractivity contribution is -0.132. The first-order valence-electron chi connectivity index (χ1n) is 15.4. The Kier molecular flexibility index (Phi) is 10.2. The molecule has 0 saturated carbocycles. The molecule has 0 aliphatic carbocycles. The predicted octanol–water partition coefficient (Wildman–Crippen LogP) is 5.99. The van der Waals surface area contributed by atoms with E-state index in [1.807, 2.05) is 78.6 Å². The second-order valence-corrected chi connectivity index (χ2v) is 13.0. The van der Waals surface area contributed by atoms with Crippen molar-refractivity contribution in [1.29, 1.82) is 0 Å². The van der Waals surface area contributed by atoms with Crippen molar-refractivity contribution in [3.05, 3.63) is 126 Å². The number of rotatable bonds is 10. The van der Waals surface area contributed by atoms with Crippen LogP contribution in [0.1, 0.15) is 47.2 Å². The van der Waals surface area contributed by atoms with Crippen LogP contribution < -0.4 is 9.62 Å². The summed E-state index contributed by atoms with van der Waals surface area (Å²) >= 11 is 0. The van der Waals surface area contributed by atoms with Gasteiger partial charge in [-0.1, -0.05) is 85.8 Å². The van der Waals surface area contributed by atoms with Gasteiger partial charge in [0.1, 0.15) is 0 Å². The highest BCUT2D eigenvalue weighted by Crippen LogP contribution is 2.29. The van der Waals surface area contributed by atoms with Crippen molar-refractivity contribution in [3.63, 3.8) is 0 Å². The lowest BCUT2D eigenvalue weighted by Gasteiger charge is -2.28. The van der Waals surface area contributed by atoms with Crippen LogP contribution in [0.2, 0.25) is 0 Å². The number of carbonyl (C=O) groups excluding carboxylic acids is 2. The monoisotopic (exact) mass is 624 g/mol. The molecule has 9 heteroatoms. The number of nitrogens with one attached hydrogen (secondary N) is 1. The van der Waals surface area contributed by atoms with Gasteiger partial charge in [0.2, 0.25) is 5.91 Å². The number of benzene rings is 4. The van der Waals surface area contributed by atoms with Crippen molar-refractivity contribution >= 4 is 33.2 Å². The van der Waals surface area contributed by atoms with Gasteiger partial charge in [-0.3, -0.25) is 14.3 Å². The molecule has 0 radical (unpaired) electrons. The number of sulfonamides is 1. The Morgan fingerprint density at radius 3 is 2.13 bits per heavy atom. The average molecular weight is 625 g/mol. The van der Waals surface area contributed by atoms with E-state index in [2.05, 4.69) is 9.62 Å². The van der Waals surface area contributed by atoms with E-state index >= 15 is 0 Å². The van der Waals surface area contributed by atoms with Gasteiger partial charge in [0, 0.05) is 51.1 Å². The Hall–Kier alpha value is -4.63. The van der Waals surface area contributed by atoms with Crippen molar-refractivity contribution in [1.82, 2.24) is 9.80 Å². The van der Waals surface area contributed by atoms with Gasteiger partial charge in [-0.25, -0.2) is 8.42 Å². The minimum absolute atomic E-state index is 0.120. The highest BCUT2D eigenvalue weighted by molar-refractivity contribution is 7.92. The van der Waals surface area contributed by atoms with Crippen LogP contribution in [0.5, 0.6) is 0 Å². The van der Waals surface area contributed by atoms with Crippen molar-refractivity contribution in [2.75, 3.05) is 42.8 Å². The lowest BCUT2D eigenvalue weighted by Crippen LogP contribution is -2.38. The fourth-order valence-corrected chi connectivity index (χ4v) is 6.90. The first kappa shape index (κ1) is 31.8. The summed E-state index contributed by atoms with van der Waals surface area (Å²) in [6, 6.07) is 32.9. The van der Waals surface area contributed by atoms with E-state index in [0.717, 1.165) is 24.0 Å². The molecule has 1 N–H and O–H groups in total. The molecule has 0 bridgehead atoms. The van der Waals surface area contributed by atoms with E-state index < -0.39 is 10.0 Å². The maximum Gasteiger partial charge on any atom is 0.261 e. The first-order valence-corrected chi connectivity index (χ1v) is 16.8. The molecule has 5 rings (SSSR count). The number of anilines is 2. The van der Waals surface area contributed by atoms with Crippen LogP contribution in [0.15, 0.2) is 114 Å². The molecular formula is C36H40N4O4S. The Labute approximate surface area is 266 Å². The summed E-state index contributed by atoms with van der Waals surface area (Å²) in [5.74, 6) is -0.296. The third-order valence-electron chi connectivity index (χ3n) is 8.20. The topological polar surface area (TPSA) is 90.0 Å². The van der Waals surface area contributed by atoms with Crippen LogP contribution in [0.3, 0.4) is 0 Å². The van der Waals surface area contributed by atoms with Gasteiger partial charge in [0.25, 0.3) is 15.9 Å². The summed E-state index contributed by atoms with van der Waals surface area (Å²) in [6.45, 7) is 4.80. The molecule has 1 unspecified atom stereocenters. The smallest absolute Gasteiger partial charge is 0.261 e. The second-order valence-electron chi connectivity index (χ2n) is 11.3. The molecule has 1 atom stereocenters. The number of nitrogens with zero attached hydrogens (tertiary/aromatic N) is 3. The molecule has 45 heavy (non-hydrogen) atoms. The summed E-state index contributed by atoms with van der Waals surface area (Å²) in [5, 5.41) is 0. The van der Waals surface area contributed by atoms with E-state index in [-0.39, 0.29) is 22.6 Å². The molecule has 4 aromatic carbocycles. The fourth-order valence-electron chi connectivity index (χ4n) is 5.83. The zero-order chi connectivity index (χ0) is 31.8. The maximum absolute atomic E-state index is 14.0. The normalized spacial score (nSPS) is 14.4. The van der Waals surface area contributed by atoms with Crippen molar-refractivity contribution < 1.29 is 18.0 Å². The Balaban J connectivity index is 1.41. The minimum Gasteiger partial charge on any atom is -0.369 e.